The average molecular weight is 240 g/mol. The molecule has 0 fully saturated rings. The minimum atomic E-state index is -2.19. The minimum Gasteiger partial charge on any atom is -0.768 e. The van der Waals surface area contributed by atoms with Crippen molar-refractivity contribution in [3.8, 4) is 11.1 Å². The fourth-order valence-corrected chi connectivity index (χ4v) is 2.02. The summed E-state index contributed by atoms with van der Waals surface area (Å²) in [5.41, 5.74) is 1.66. The third kappa shape index (κ3) is 3.03. The molecule has 0 aliphatic carbocycles. The molecule has 0 spiro atoms. The third-order valence-electron chi connectivity index (χ3n) is 2.15. The van der Waals surface area contributed by atoms with Crippen LogP contribution in [0.4, 0.5) is 0 Å². The standard InChI is InChI=1S/C12H10O2S.Na/c13-15(14)12-9-5-4-8-11(12)10-6-2-1-3-7-10;/h1-9H,(H,13,14);/q;+1/p-1. The molecule has 0 radical (unpaired) electrons. The van der Waals surface area contributed by atoms with Gasteiger partial charge < -0.3 is 4.55 Å². The van der Waals surface area contributed by atoms with E-state index in [4.69, 9.17) is 0 Å². The molecule has 1 atom stereocenters. The molecule has 4 heteroatoms. The zero-order chi connectivity index (χ0) is 10.7. The molecule has 0 saturated carbocycles. The topological polar surface area (TPSA) is 40.1 Å². The van der Waals surface area contributed by atoms with Crippen LogP contribution in [0.5, 0.6) is 0 Å². The molecule has 2 nitrogen and oxygen atoms in total. The summed E-state index contributed by atoms with van der Waals surface area (Å²) >= 11 is -2.19. The Kier molecular flexibility index (Phi) is 5.38. The quantitative estimate of drug-likeness (QED) is 0.529. The van der Waals surface area contributed by atoms with Crippen molar-refractivity contribution in [1.82, 2.24) is 0 Å². The molecular formula is C12H9NaO2S. The van der Waals surface area contributed by atoms with Crippen LogP contribution in [-0.4, -0.2) is 8.76 Å². The van der Waals surface area contributed by atoms with Crippen molar-refractivity contribution in [2.75, 3.05) is 0 Å². The zero-order valence-corrected chi connectivity index (χ0v) is 11.7. The van der Waals surface area contributed by atoms with Gasteiger partial charge in [-0.3, -0.25) is 4.21 Å². The Morgan fingerprint density at radius 2 is 1.44 bits per heavy atom. The Hall–Kier alpha value is -0.450. The predicted molar refractivity (Wildman–Crippen MR) is 59.1 cm³/mol. The van der Waals surface area contributed by atoms with Crippen molar-refractivity contribution >= 4 is 11.1 Å². The molecule has 0 aliphatic heterocycles. The smallest absolute Gasteiger partial charge is 0.768 e. The van der Waals surface area contributed by atoms with Crippen LogP contribution in [0.3, 0.4) is 0 Å². The van der Waals surface area contributed by atoms with E-state index in [0.717, 1.165) is 11.1 Å². The summed E-state index contributed by atoms with van der Waals surface area (Å²) in [4.78, 5) is 0.337. The molecule has 0 bridgehead atoms. The summed E-state index contributed by atoms with van der Waals surface area (Å²) in [5.74, 6) is 0. The van der Waals surface area contributed by atoms with Crippen LogP contribution in [-0.2, 0) is 11.1 Å². The van der Waals surface area contributed by atoms with E-state index in [1.807, 2.05) is 36.4 Å². The van der Waals surface area contributed by atoms with Gasteiger partial charge in [-0.1, -0.05) is 48.5 Å². The average Bonchev–Trinajstić information content (AvgIpc) is 2.30. The molecule has 0 saturated heterocycles. The van der Waals surface area contributed by atoms with Crippen LogP contribution in [0.2, 0.25) is 0 Å². The molecule has 0 aromatic heterocycles. The van der Waals surface area contributed by atoms with E-state index in [2.05, 4.69) is 0 Å². The fourth-order valence-electron chi connectivity index (χ4n) is 1.47. The van der Waals surface area contributed by atoms with Gasteiger partial charge in [-0.25, -0.2) is 0 Å². The van der Waals surface area contributed by atoms with Crippen molar-refractivity contribution in [2.24, 2.45) is 0 Å². The first-order chi connectivity index (χ1) is 7.29. The first-order valence-electron chi connectivity index (χ1n) is 4.53. The Labute approximate surface area is 119 Å². The van der Waals surface area contributed by atoms with Crippen molar-refractivity contribution in [1.29, 1.82) is 0 Å². The fraction of sp³-hybridized carbons (Fsp3) is 0. The Morgan fingerprint density at radius 3 is 2.06 bits per heavy atom. The van der Waals surface area contributed by atoms with E-state index in [1.165, 1.54) is 0 Å². The van der Waals surface area contributed by atoms with E-state index in [9.17, 15) is 8.76 Å². The van der Waals surface area contributed by atoms with Crippen molar-refractivity contribution < 1.29 is 38.3 Å². The molecule has 2 aromatic rings. The Balaban J connectivity index is 0.00000128. The summed E-state index contributed by atoms with van der Waals surface area (Å²) in [6.07, 6.45) is 0. The van der Waals surface area contributed by atoms with E-state index >= 15 is 0 Å². The number of hydrogen-bond donors (Lipinski definition) is 0. The van der Waals surface area contributed by atoms with Crippen LogP contribution in [0, 0.1) is 0 Å². The zero-order valence-electron chi connectivity index (χ0n) is 8.92. The maximum absolute atomic E-state index is 11.0. The molecule has 1 unspecified atom stereocenters. The summed E-state index contributed by atoms with van der Waals surface area (Å²) < 4.78 is 22.0. The third-order valence-corrected chi connectivity index (χ3v) is 2.87. The van der Waals surface area contributed by atoms with Gasteiger partial charge in [-0.15, -0.1) is 0 Å². The van der Waals surface area contributed by atoms with Gasteiger partial charge in [0.1, 0.15) is 0 Å². The summed E-state index contributed by atoms with van der Waals surface area (Å²) in [6.45, 7) is 0. The second-order valence-electron chi connectivity index (χ2n) is 3.10. The summed E-state index contributed by atoms with van der Waals surface area (Å²) in [6, 6.07) is 16.4. The molecule has 0 aliphatic rings. The Morgan fingerprint density at radius 1 is 0.875 bits per heavy atom. The van der Waals surface area contributed by atoms with Crippen LogP contribution >= 0.6 is 0 Å². The normalized spacial score (nSPS) is 11.6. The predicted octanol–water partition coefficient (Wildman–Crippen LogP) is -0.404. The summed E-state index contributed by atoms with van der Waals surface area (Å²) in [7, 11) is 0. The van der Waals surface area contributed by atoms with Crippen molar-refractivity contribution in [3.63, 3.8) is 0 Å². The molecule has 76 valence electrons. The van der Waals surface area contributed by atoms with Gasteiger partial charge in [0.05, 0.1) is 0 Å². The Bertz CT molecular complexity index is 485. The molecule has 2 rings (SSSR count). The van der Waals surface area contributed by atoms with Gasteiger partial charge in [0.25, 0.3) is 0 Å². The van der Waals surface area contributed by atoms with Crippen molar-refractivity contribution in [3.05, 3.63) is 54.6 Å². The first-order valence-corrected chi connectivity index (χ1v) is 5.60. The van der Waals surface area contributed by atoms with Crippen LogP contribution in [0.25, 0.3) is 11.1 Å². The van der Waals surface area contributed by atoms with Gasteiger partial charge in [0, 0.05) is 4.90 Å². The first kappa shape index (κ1) is 13.6. The molecular weight excluding hydrogens is 231 g/mol. The molecule has 2 aromatic carbocycles. The molecule has 0 N–H and O–H groups in total. The van der Waals surface area contributed by atoms with E-state index < -0.39 is 11.1 Å². The van der Waals surface area contributed by atoms with Gasteiger partial charge in [0.2, 0.25) is 0 Å². The van der Waals surface area contributed by atoms with Crippen LogP contribution < -0.4 is 29.6 Å². The van der Waals surface area contributed by atoms with Gasteiger partial charge >= 0.3 is 29.6 Å². The molecule has 0 heterocycles. The van der Waals surface area contributed by atoms with Gasteiger partial charge in [0.15, 0.2) is 0 Å². The van der Waals surface area contributed by atoms with Crippen LogP contribution in [0.1, 0.15) is 0 Å². The summed E-state index contributed by atoms with van der Waals surface area (Å²) in [5, 5.41) is 0. The molecule has 16 heavy (non-hydrogen) atoms. The van der Waals surface area contributed by atoms with Gasteiger partial charge in [-0.2, -0.15) is 0 Å². The number of hydrogen-bond acceptors (Lipinski definition) is 2. The number of benzene rings is 2. The second-order valence-corrected chi connectivity index (χ2v) is 4.01. The van der Waals surface area contributed by atoms with Gasteiger partial charge in [-0.05, 0) is 28.3 Å². The maximum Gasteiger partial charge on any atom is 1.00 e. The number of rotatable bonds is 2. The SMILES string of the molecule is O=S([O-])c1ccccc1-c1ccccc1.[Na+]. The van der Waals surface area contributed by atoms with Crippen molar-refractivity contribution in [2.45, 2.75) is 4.90 Å². The maximum atomic E-state index is 11.0. The van der Waals surface area contributed by atoms with E-state index in [1.54, 1.807) is 18.2 Å². The van der Waals surface area contributed by atoms with E-state index in [-0.39, 0.29) is 29.6 Å². The monoisotopic (exact) mass is 240 g/mol. The minimum absolute atomic E-state index is 0. The largest absolute Gasteiger partial charge is 1.00 e. The van der Waals surface area contributed by atoms with E-state index in [0.29, 0.717) is 4.90 Å². The van der Waals surface area contributed by atoms with Crippen LogP contribution in [0.15, 0.2) is 59.5 Å². The second kappa shape index (κ2) is 6.33. The molecule has 0 amide bonds.